The van der Waals surface area contributed by atoms with Gasteiger partial charge in [-0.2, -0.15) is 0 Å². The average Bonchev–Trinajstić information content (AvgIpc) is 2.43. The summed E-state index contributed by atoms with van der Waals surface area (Å²) < 4.78 is 20.8. The van der Waals surface area contributed by atoms with Crippen molar-refractivity contribution >= 4 is 23.7 Å². The number of hydrogen-bond acceptors (Lipinski definition) is 8. The molecule has 1 saturated heterocycles. The van der Waals surface area contributed by atoms with E-state index < -0.39 is 48.2 Å². The molecule has 130 valence electrons. The van der Waals surface area contributed by atoms with Gasteiger partial charge in [0.1, 0.15) is 18.0 Å². The Hall–Kier alpha value is -1.96. The van der Waals surface area contributed by atoms with Crippen LogP contribution in [0.5, 0.6) is 0 Å². The van der Waals surface area contributed by atoms with Crippen LogP contribution in [-0.2, 0) is 38.1 Å². The van der Waals surface area contributed by atoms with Gasteiger partial charge in [-0.1, -0.05) is 6.92 Å². The number of rotatable bonds is 5. The molecule has 5 atom stereocenters. The predicted molar refractivity (Wildman–Crippen MR) is 76.2 cm³/mol. The van der Waals surface area contributed by atoms with Gasteiger partial charge in [0.05, 0.1) is 7.11 Å². The van der Waals surface area contributed by atoms with Crippen LogP contribution in [0.4, 0.5) is 0 Å². The highest BCUT2D eigenvalue weighted by Gasteiger charge is 2.50. The van der Waals surface area contributed by atoms with Gasteiger partial charge < -0.3 is 18.9 Å². The molecular weight excluding hydrogens is 308 g/mol. The predicted octanol–water partition coefficient (Wildman–Crippen LogP) is 0.405. The topological polar surface area (TPSA) is 105 Å². The van der Waals surface area contributed by atoms with E-state index in [1.807, 2.05) is 0 Å². The molecule has 1 heterocycles. The summed E-state index contributed by atoms with van der Waals surface area (Å²) in [5, 5.41) is 0. The summed E-state index contributed by atoms with van der Waals surface area (Å²) in [4.78, 5) is 46.1. The second-order valence-corrected chi connectivity index (χ2v) is 5.53. The standard InChI is InChI=1S/C15H22O8/c1-7(16)6-11-14(22-10(4)18)12(21-9(3)17)8(2)13(23-11)15(19)20-5/h8,11-14H,6H2,1-5H3/t8-,11?,12-,13-,14-/m0/s1. The number of methoxy groups -OCH3 is 1. The first-order chi connectivity index (χ1) is 10.7. The highest BCUT2D eigenvalue weighted by molar-refractivity contribution is 5.77. The fourth-order valence-corrected chi connectivity index (χ4v) is 2.61. The van der Waals surface area contributed by atoms with Crippen molar-refractivity contribution in [1.29, 1.82) is 0 Å². The van der Waals surface area contributed by atoms with E-state index in [4.69, 9.17) is 14.2 Å². The summed E-state index contributed by atoms with van der Waals surface area (Å²) in [5.41, 5.74) is 0. The normalized spacial score (nSPS) is 30.2. The van der Waals surface area contributed by atoms with Crippen molar-refractivity contribution in [1.82, 2.24) is 0 Å². The third kappa shape index (κ3) is 5.02. The molecule has 1 rings (SSSR count). The van der Waals surface area contributed by atoms with Crippen molar-refractivity contribution in [3.05, 3.63) is 0 Å². The quantitative estimate of drug-likeness (QED) is 0.527. The van der Waals surface area contributed by atoms with Crippen molar-refractivity contribution in [3.8, 4) is 0 Å². The number of ether oxygens (including phenoxy) is 4. The lowest BCUT2D eigenvalue weighted by Gasteiger charge is -2.43. The zero-order chi connectivity index (χ0) is 17.7. The van der Waals surface area contributed by atoms with Crippen LogP contribution in [0.3, 0.4) is 0 Å². The molecule has 0 saturated carbocycles. The SMILES string of the molecule is COC(=O)[C@H]1OC(CC(C)=O)[C@H](OC(C)=O)[C@@H](OC(C)=O)[C@@H]1C. The van der Waals surface area contributed by atoms with Gasteiger partial charge in [0.15, 0.2) is 12.2 Å². The van der Waals surface area contributed by atoms with E-state index in [2.05, 4.69) is 4.74 Å². The van der Waals surface area contributed by atoms with E-state index >= 15 is 0 Å². The van der Waals surface area contributed by atoms with E-state index in [1.54, 1.807) is 6.92 Å². The van der Waals surface area contributed by atoms with E-state index in [0.29, 0.717) is 0 Å². The Morgan fingerprint density at radius 1 is 0.957 bits per heavy atom. The molecule has 8 heteroatoms. The average molecular weight is 330 g/mol. The van der Waals surface area contributed by atoms with Crippen LogP contribution in [0.25, 0.3) is 0 Å². The van der Waals surface area contributed by atoms with Crippen LogP contribution in [0.2, 0.25) is 0 Å². The minimum absolute atomic E-state index is 0.0874. The Labute approximate surface area is 134 Å². The third-order valence-corrected chi connectivity index (χ3v) is 3.53. The fraction of sp³-hybridized carbons (Fsp3) is 0.733. The van der Waals surface area contributed by atoms with Gasteiger partial charge >= 0.3 is 17.9 Å². The van der Waals surface area contributed by atoms with Crippen LogP contribution in [0, 0.1) is 5.92 Å². The molecule has 0 radical (unpaired) electrons. The van der Waals surface area contributed by atoms with Gasteiger partial charge in [0.25, 0.3) is 0 Å². The van der Waals surface area contributed by atoms with Crippen molar-refractivity contribution in [3.63, 3.8) is 0 Å². The number of carbonyl (C=O) groups is 4. The molecule has 0 amide bonds. The van der Waals surface area contributed by atoms with Crippen LogP contribution in [-0.4, -0.2) is 55.2 Å². The second-order valence-electron chi connectivity index (χ2n) is 5.53. The van der Waals surface area contributed by atoms with Gasteiger partial charge in [-0.15, -0.1) is 0 Å². The minimum Gasteiger partial charge on any atom is -0.467 e. The summed E-state index contributed by atoms with van der Waals surface area (Å²) in [5.74, 6) is -2.67. The highest BCUT2D eigenvalue weighted by atomic mass is 16.6. The number of ketones is 1. The maximum Gasteiger partial charge on any atom is 0.335 e. The van der Waals surface area contributed by atoms with Gasteiger partial charge in [-0.25, -0.2) is 4.79 Å². The van der Waals surface area contributed by atoms with Crippen LogP contribution in [0.1, 0.15) is 34.1 Å². The molecule has 0 aliphatic carbocycles. The zero-order valence-electron chi connectivity index (χ0n) is 13.9. The number of Topliss-reactive ketones (excluding diaryl/α,β-unsaturated/α-hetero) is 1. The largest absolute Gasteiger partial charge is 0.467 e. The lowest BCUT2D eigenvalue weighted by Crippen LogP contribution is -2.58. The first kappa shape index (κ1) is 19.1. The van der Waals surface area contributed by atoms with Crippen molar-refractivity contribution in [2.75, 3.05) is 7.11 Å². The summed E-state index contributed by atoms with van der Waals surface area (Å²) in [6, 6.07) is 0. The van der Waals surface area contributed by atoms with E-state index in [1.165, 1.54) is 27.9 Å². The minimum atomic E-state index is -1.03. The number of hydrogen-bond donors (Lipinski definition) is 0. The molecule has 0 bridgehead atoms. The van der Waals surface area contributed by atoms with Gasteiger partial charge in [0.2, 0.25) is 0 Å². The number of esters is 3. The second kappa shape index (κ2) is 8.05. The number of carbonyl (C=O) groups excluding carboxylic acids is 4. The molecule has 1 fully saturated rings. The molecule has 1 aliphatic rings. The van der Waals surface area contributed by atoms with Crippen molar-refractivity contribution in [2.45, 2.75) is 58.5 Å². The van der Waals surface area contributed by atoms with E-state index in [9.17, 15) is 19.2 Å². The zero-order valence-corrected chi connectivity index (χ0v) is 13.9. The third-order valence-electron chi connectivity index (χ3n) is 3.53. The van der Waals surface area contributed by atoms with Crippen LogP contribution >= 0.6 is 0 Å². The summed E-state index contributed by atoms with van der Waals surface area (Å²) in [6.07, 6.45) is -3.91. The van der Waals surface area contributed by atoms with Gasteiger partial charge in [0, 0.05) is 26.2 Å². The maximum atomic E-state index is 11.9. The Kier molecular flexibility index (Phi) is 6.68. The van der Waals surface area contributed by atoms with Gasteiger partial charge in [-0.3, -0.25) is 14.4 Å². The lowest BCUT2D eigenvalue weighted by molar-refractivity contribution is -0.228. The first-order valence-corrected chi connectivity index (χ1v) is 7.24. The summed E-state index contributed by atoms with van der Waals surface area (Å²) >= 11 is 0. The fourth-order valence-electron chi connectivity index (χ4n) is 2.61. The smallest absolute Gasteiger partial charge is 0.335 e. The van der Waals surface area contributed by atoms with E-state index in [0.717, 1.165) is 0 Å². The Bertz CT molecular complexity index is 486. The molecular formula is C15H22O8. The molecule has 1 aliphatic heterocycles. The van der Waals surface area contributed by atoms with Crippen LogP contribution < -0.4 is 0 Å². The molecule has 8 nitrogen and oxygen atoms in total. The first-order valence-electron chi connectivity index (χ1n) is 7.24. The molecule has 0 spiro atoms. The molecule has 1 unspecified atom stereocenters. The maximum absolute atomic E-state index is 11.9. The Morgan fingerprint density at radius 3 is 1.91 bits per heavy atom. The van der Waals surface area contributed by atoms with E-state index in [-0.39, 0.29) is 12.2 Å². The van der Waals surface area contributed by atoms with Crippen LogP contribution in [0.15, 0.2) is 0 Å². The molecule has 0 aromatic heterocycles. The Morgan fingerprint density at radius 2 is 1.48 bits per heavy atom. The van der Waals surface area contributed by atoms with Crippen molar-refractivity contribution < 1.29 is 38.1 Å². The highest BCUT2D eigenvalue weighted by Crippen LogP contribution is 2.32. The summed E-state index contributed by atoms with van der Waals surface area (Å²) in [7, 11) is 1.21. The summed E-state index contributed by atoms with van der Waals surface area (Å²) in [6.45, 7) is 5.38. The molecule has 0 N–H and O–H groups in total. The molecule has 0 aromatic carbocycles. The van der Waals surface area contributed by atoms with Gasteiger partial charge in [-0.05, 0) is 6.92 Å². The lowest BCUT2D eigenvalue weighted by atomic mass is 9.86. The monoisotopic (exact) mass is 330 g/mol. The van der Waals surface area contributed by atoms with Crippen molar-refractivity contribution in [2.24, 2.45) is 5.92 Å². The molecule has 0 aromatic rings. The Balaban J connectivity index is 3.17. The molecule has 23 heavy (non-hydrogen) atoms.